The normalized spacial score (nSPS) is 11.7. The molecule has 0 saturated carbocycles. The van der Waals surface area contributed by atoms with Crippen molar-refractivity contribution in [3.05, 3.63) is 51.4 Å². The van der Waals surface area contributed by atoms with E-state index in [9.17, 15) is 0 Å². The molecule has 2 aromatic rings. The van der Waals surface area contributed by atoms with Crippen LogP contribution in [0.5, 0.6) is 0 Å². The summed E-state index contributed by atoms with van der Waals surface area (Å²) in [5, 5.41) is 1.07. The van der Waals surface area contributed by atoms with Gasteiger partial charge in [0, 0.05) is 17.9 Å². The van der Waals surface area contributed by atoms with Crippen molar-refractivity contribution in [1.29, 1.82) is 0 Å². The third-order valence-corrected chi connectivity index (χ3v) is 3.65. The van der Waals surface area contributed by atoms with E-state index < -0.39 is 0 Å². The first kappa shape index (κ1) is 15.1. The lowest BCUT2D eigenvalue weighted by atomic mass is 9.92. The van der Waals surface area contributed by atoms with Gasteiger partial charge in [0.2, 0.25) is 0 Å². The molecule has 0 spiro atoms. The number of rotatable bonds is 2. The summed E-state index contributed by atoms with van der Waals surface area (Å²) >= 11 is 11.9. The van der Waals surface area contributed by atoms with Crippen molar-refractivity contribution in [1.82, 2.24) is 9.97 Å². The topological polar surface area (TPSA) is 51.8 Å². The molecule has 2 rings (SSSR count). The Balaban J connectivity index is 2.33. The van der Waals surface area contributed by atoms with Crippen LogP contribution in [0.3, 0.4) is 0 Å². The molecule has 5 heteroatoms. The molecule has 0 unspecified atom stereocenters. The minimum atomic E-state index is -0.0660. The largest absolute Gasteiger partial charge is 0.384 e. The van der Waals surface area contributed by atoms with Crippen LogP contribution in [0.15, 0.2) is 24.3 Å². The van der Waals surface area contributed by atoms with E-state index in [1.54, 1.807) is 6.07 Å². The molecule has 20 heavy (non-hydrogen) atoms. The lowest BCUT2D eigenvalue weighted by molar-refractivity contribution is 0.563. The standard InChI is InChI=1S/C15H17Cl2N3/c1-15(2,3)12-8-13(18)20-14(19-12)7-9-4-5-10(16)11(17)6-9/h4-6,8H,7H2,1-3H3,(H2,18,19,20). The minimum absolute atomic E-state index is 0.0660. The zero-order valence-electron chi connectivity index (χ0n) is 11.7. The maximum absolute atomic E-state index is 6.02. The molecule has 1 aromatic heterocycles. The molecule has 0 bridgehead atoms. The van der Waals surface area contributed by atoms with Gasteiger partial charge in [0.1, 0.15) is 11.6 Å². The number of nitrogens with zero attached hydrogens (tertiary/aromatic N) is 2. The predicted octanol–water partition coefficient (Wildman–Crippen LogP) is 4.25. The van der Waals surface area contributed by atoms with Crippen LogP contribution in [-0.4, -0.2) is 9.97 Å². The summed E-state index contributed by atoms with van der Waals surface area (Å²) in [6.45, 7) is 6.28. The lowest BCUT2D eigenvalue weighted by Crippen LogP contribution is -2.16. The monoisotopic (exact) mass is 309 g/mol. The Hall–Kier alpha value is -1.32. The molecule has 2 N–H and O–H groups in total. The van der Waals surface area contributed by atoms with Crippen LogP contribution in [0.4, 0.5) is 5.82 Å². The summed E-state index contributed by atoms with van der Waals surface area (Å²) in [7, 11) is 0. The van der Waals surface area contributed by atoms with Crippen LogP contribution < -0.4 is 5.73 Å². The number of nitrogens with two attached hydrogens (primary N) is 1. The van der Waals surface area contributed by atoms with E-state index in [-0.39, 0.29) is 5.41 Å². The van der Waals surface area contributed by atoms with E-state index in [0.717, 1.165) is 11.3 Å². The molecule has 0 aliphatic heterocycles. The molecule has 0 radical (unpaired) electrons. The molecular weight excluding hydrogens is 293 g/mol. The third kappa shape index (κ3) is 3.62. The average Bonchev–Trinajstić information content (AvgIpc) is 2.32. The van der Waals surface area contributed by atoms with E-state index >= 15 is 0 Å². The number of nitrogen functional groups attached to an aromatic ring is 1. The van der Waals surface area contributed by atoms with Gasteiger partial charge in [-0.15, -0.1) is 0 Å². The Morgan fingerprint density at radius 1 is 1.05 bits per heavy atom. The Bertz CT molecular complexity index is 634. The first-order chi connectivity index (χ1) is 9.25. The summed E-state index contributed by atoms with van der Waals surface area (Å²) in [6, 6.07) is 7.33. The second kappa shape index (κ2) is 5.58. The summed E-state index contributed by atoms with van der Waals surface area (Å²) in [4.78, 5) is 8.87. The van der Waals surface area contributed by atoms with Gasteiger partial charge < -0.3 is 5.73 Å². The molecule has 0 saturated heterocycles. The van der Waals surface area contributed by atoms with Gasteiger partial charge in [-0.1, -0.05) is 50.0 Å². The van der Waals surface area contributed by atoms with Crippen molar-refractivity contribution in [3.8, 4) is 0 Å². The highest BCUT2D eigenvalue weighted by Crippen LogP contribution is 2.25. The van der Waals surface area contributed by atoms with E-state index in [0.29, 0.717) is 28.1 Å². The second-order valence-corrected chi connectivity index (χ2v) is 6.58. The fourth-order valence-corrected chi connectivity index (χ4v) is 2.13. The van der Waals surface area contributed by atoms with Crippen molar-refractivity contribution < 1.29 is 0 Å². The van der Waals surface area contributed by atoms with Crippen molar-refractivity contribution in [3.63, 3.8) is 0 Å². The van der Waals surface area contributed by atoms with Crippen molar-refractivity contribution in [2.75, 3.05) is 5.73 Å². The highest BCUT2D eigenvalue weighted by molar-refractivity contribution is 6.42. The third-order valence-electron chi connectivity index (χ3n) is 2.91. The second-order valence-electron chi connectivity index (χ2n) is 5.77. The maximum atomic E-state index is 6.02. The van der Waals surface area contributed by atoms with Gasteiger partial charge in [-0.2, -0.15) is 0 Å². The predicted molar refractivity (Wildman–Crippen MR) is 84.4 cm³/mol. The molecule has 0 fully saturated rings. The molecular formula is C15H17Cl2N3. The summed E-state index contributed by atoms with van der Waals surface area (Å²) in [5.74, 6) is 1.17. The molecule has 0 aliphatic rings. The molecule has 0 atom stereocenters. The molecule has 1 aromatic carbocycles. The fourth-order valence-electron chi connectivity index (χ4n) is 1.81. The van der Waals surface area contributed by atoms with Gasteiger partial charge >= 0.3 is 0 Å². The summed E-state index contributed by atoms with van der Waals surface area (Å²) in [5.41, 5.74) is 7.73. The molecule has 3 nitrogen and oxygen atoms in total. The first-order valence-electron chi connectivity index (χ1n) is 6.33. The zero-order valence-corrected chi connectivity index (χ0v) is 13.3. The van der Waals surface area contributed by atoms with Crippen LogP contribution in [0.1, 0.15) is 37.9 Å². The Kier molecular flexibility index (Phi) is 4.21. The van der Waals surface area contributed by atoms with E-state index in [2.05, 4.69) is 30.7 Å². The van der Waals surface area contributed by atoms with E-state index in [4.69, 9.17) is 28.9 Å². The van der Waals surface area contributed by atoms with Gasteiger partial charge in [0.15, 0.2) is 0 Å². The van der Waals surface area contributed by atoms with Crippen LogP contribution in [0.2, 0.25) is 10.0 Å². The number of benzene rings is 1. The van der Waals surface area contributed by atoms with Crippen LogP contribution in [0, 0.1) is 0 Å². The lowest BCUT2D eigenvalue weighted by Gasteiger charge is -2.18. The molecule has 106 valence electrons. The van der Waals surface area contributed by atoms with E-state index in [1.165, 1.54) is 0 Å². The molecule has 1 heterocycles. The summed E-state index contributed by atoms with van der Waals surface area (Å²) in [6.07, 6.45) is 0.574. The first-order valence-corrected chi connectivity index (χ1v) is 7.09. The maximum Gasteiger partial charge on any atom is 0.135 e. The van der Waals surface area contributed by atoms with Gasteiger partial charge in [0.05, 0.1) is 15.7 Å². The van der Waals surface area contributed by atoms with Crippen molar-refractivity contribution in [2.24, 2.45) is 0 Å². The number of hydrogen-bond acceptors (Lipinski definition) is 3. The number of halogens is 2. The van der Waals surface area contributed by atoms with Crippen LogP contribution >= 0.6 is 23.2 Å². The van der Waals surface area contributed by atoms with Crippen LogP contribution in [-0.2, 0) is 11.8 Å². The van der Waals surface area contributed by atoms with Crippen molar-refractivity contribution in [2.45, 2.75) is 32.6 Å². The number of anilines is 1. The van der Waals surface area contributed by atoms with Gasteiger partial charge in [-0.05, 0) is 17.7 Å². The smallest absolute Gasteiger partial charge is 0.135 e. The van der Waals surface area contributed by atoms with Gasteiger partial charge in [0.25, 0.3) is 0 Å². The van der Waals surface area contributed by atoms with Crippen molar-refractivity contribution >= 4 is 29.0 Å². The number of hydrogen-bond donors (Lipinski definition) is 1. The molecule has 0 aliphatic carbocycles. The SMILES string of the molecule is CC(C)(C)c1cc(N)nc(Cc2ccc(Cl)c(Cl)c2)n1. The van der Waals surface area contributed by atoms with E-state index in [1.807, 2.05) is 18.2 Å². The van der Waals surface area contributed by atoms with Gasteiger partial charge in [-0.25, -0.2) is 9.97 Å². The number of aromatic nitrogens is 2. The zero-order chi connectivity index (χ0) is 14.9. The average molecular weight is 310 g/mol. The Morgan fingerprint density at radius 2 is 1.75 bits per heavy atom. The summed E-state index contributed by atoms with van der Waals surface area (Å²) < 4.78 is 0. The highest BCUT2D eigenvalue weighted by atomic mass is 35.5. The Morgan fingerprint density at radius 3 is 2.35 bits per heavy atom. The molecule has 0 amide bonds. The fraction of sp³-hybridized carbons (Fsp3) is 0.333. The van der Waals surface area contributed by atoms with Crippen LogP contribution in [0.25, 0.3) is 0 Å². The highest BCUT2D eigenvalue weighted by Gasteiger charge is 2.17. The minimum Gasteiger partial charge on any atom is -0.384 e. The Labute approximate surface area is 129 Å². The quantitative estimate of drug-likeness (QED) is 0.902. The van der Waals surface area contributed by atoms with Gasteiger partial charge in [-0.3, -0.25) is 0 Å².